The number of aliphatic hydroxyl groups excluding tert-OH is 1. The quantitative estimate of drug-likeness (QED) is 0.633. The fraction of sp³-hybridized carbons (Fsp3) is 1.00. The summed E-state index contributed by atoms with van der Waals surface area (Å²) in [5.41, 5.74) is 5.56. The molecule has 0 fully saturated rings. The Bertz CT molecular complexity index is 191. The Morgan fingerprint density at radius 2 is 1.44 bits per heavy atom. The summed E-state index contributed by atoms with van der Waals surface area (Å²) in [5, 5.41) is 9.20. The van der Waals surface area contributed by atoms with Crippen LogP contribution in [0.25, 0.3) is 0 Å². The molecule has 0 aliphatic carbocycles. The summed E-state index contributed by atoms with van der Waals surface area (Å²) in [4.78, 5) is 2.50. The maximum atomic E-state index is 9.20. The molecule has 0 aliphatic rings. The van der Waals surface area contributed by atoms with Gasteiger partial charge in [0.25, 0.3) is 0 Å². The van der Waals surface area contributed by atoms with Crippen molar-refractivity contribution in [3.63, 3.8) is 0 Å². The highest BCUT2D eigenvalue weighted by Crippen LogP contribution is 2.10. The van der Waals surface area contributed by atoms with Crippen LogP contribution in [0.15, 0.2) is 0 Å². The normalized spacial score (nSPS) is 15.7. The van der Waals surface area contributed by atoms with E-state index < -0.39 is 5.54 Å². The molecule has 0 radical (unpaired) electrons. The lowest BCUT2D eigenvalue weighted by Gasteiger charge is -2.29. The van der Waals surface area contributed by atoms with Gasteiger partial charge in [-0.3, -0.25) is 0 Å². The van der Waals surface area contributed by atoms with Gasteiger partial charge in [0.15, 0.2) is 0 Å². The van der Waals surface area contributed by atoms with Gasteiger partial charge in [0.05, 0.1) is 6.61 Å². The first-order valence-electron chi connectivity index (χ1n) is 7.39. The van der Waals surface area contributed by atoms with Gasteiger partial charge in [-0.2, -0.15) is 0 Å². The molecule has 0 spiro atoms. The van der Waals surface area contributed by atoms with Crippen molar-refractivity contribution in [1.82, 2.24) is 4.90 Å². The van der Waals surface area contributed by atoms with Crippen LogP contribution in [0, 0.1) is 11.8 Å². The third-order valence-electron chi connectivity index (χ3n) is 3.41. The molecule has 0 aromatic rings. The van der Waals surface area contributed by atoms with Gasteiger partial charge >= 0.3 is 0 Å². The maximum Gasteiger partial charge on any atom is 0.0608 e. The van der Waals surface area contributed by atoms with Gasteiger partial charge in [-0.1, -0.05) is 27.7 Å². The first kappa shape index (κ1) is 17.9. The number of rotatable bonds is 10. The second-order valence-corrected chi connectivity index (χ2v) is 6.77. The number of hydrogen-bond acceptors (Lipinski definition) is 3. The van der Waals surface area contributed by atoms with Crippen LogP contribution in [0.3, 0.4) is 0 Å². The largest absolute Gasteiger partial charge is 0.394 e. The first-order valence-corrected chi connectivity index (χ1v) is 7.39. The predicted octanol–water partition coefficient (Wildman–Crippen LogP) is 2.48. The fourth-order valence-electron chi connectivity index (χ4n) is 1.71. The van der Waals surface area contributed by atoms with Gasteiger partial charge in [-0.05, 0) is 57.7 Å². The molecule has 0 aromatic carbocycles. The van der Waals surface area contributed by atoms with E-state index in [1.165, 1.54) is 12.8 Å². The fourth-order valence-corrected chi connectivity index (χ4v) is 1.71. The van der Waals surface area contributed by atoms with Crippen molar-refractivity contribution >= 4 is 0 Å². The summed E-state index contributed by atoms with van der Waals surface area (Å²) in [7, 11) is 0. The van der Waals surface area contributed by atoms with Gasteiger partial charge in [-0.15, -0.1) is 0 Å². The molecule has 1 atom stereocenters. The van der Waals surface area contributed by atoms with Crippen LogP contribution in [-0.2, 0) is 0 Å². The molecule has 18 heavy (non-hydrogen) atoms. The molecular weight excluding hydrogens is 224 g/mol. The third kappa shape index (κ3) is 9.86. The zero-order chi connectivity index (χ0) is 14.2. The number of nitrogens with two attached hydrogens (primary N) is 1. The molecule has 0 saturated carbocycles. The number of nitrogens with zero attached hydrogens (tertiary/aromatic N) is 1. The maximum absolute atomic E-state index is 9.20. The summed E-state index contributed by atoms with van der Waals surface area (Å²) in [6, 6.07) is 0. The van der Waals surface area contributed by atoms with Gasteiger partial charge in [0, 0.05) is 5.54 Å². The van der Waals surface area contributed by atoms with Gasteiger partial charge in [-0.25, -0.2) is 0 Å². The summed E-state index contributed by atoms with van der Waals surface area (Å²) >= 11 is 0. The molecule has 1 unspecified atom stereocenters. The first-order chi connectivity index (χ1) is 8.26. The Balaban J connectivity index is 4.11. The van der Waals surface area contributed by atoms with E-state index in [9.17, 15) is 5.11 Å². The highest BCUT2D eigenvalue weighted by Gasteiger charge is 2.18. The van der Waals surface area contributed by atoms with Gasteiger partial charge in [0.2, 0.25) is 0 Å². The highest BCUT2D eigenvalue weighted by atomic mass is 16.3. The minimum Gasteiger partial charge on any atom is -0.394 e. The van der Waals surface area contributed by atoms with E-state index in [0.29, 0.717) is 0 Å². The van der Waals surface area contributed by atoms with Crippen LogP contribution in [0.2, 0.25) is 0 Å². The van der Waals surface area contributed by atoms with Crippen molar-refractivity contribution in [3.05, 3.63) is 0 Å². The molecule has 0 aromatic heterocycles. The van der Waals surface area contributed by atoms with Crippen molar-refractivity contribution in [3.8, 4) is 0 Å². The molecule has 0 bridgehead atoms. The van der Waals surface area contributed by atoms with Crippen molar-refractivity contribution < 1.29 is 5.11 Å². The Morgan fingerprint density at radius 3 is 1.78 bits per heavy atom. The Hall–Kier alpha value is -0.120. The topological polar surface area (TPSA) is 49.5 Å². The standard InChI is InChI=1S/C15H34N2O/c1-13(2)6-9-17(10-7-14(3)4)11-8-15(5,16)12-18/h13-14,18H,6-12,16H2,1-5H3. The zero-order valence-corrected chi connectivity index (χ0v) is 13.1. The second-order valence-electron chi connectivity index (χ2n) is 6.77. The minimum absolute atomic E-state index is 0.0647. The SMILES string of the molecule is CC(C)CCN(CCC(C)C)CCC(C)(N)CO. The van der Waals surface area contributed by atoms with E-state index in [0.717, 1.165) is 37.9 Å². The van der Waals surface area contributed by atoms with Crippen molar-refractivity contribution in [2.75, 3.05) is 26.2 Å². The number of hydrogen-bond donors (Lipinski definition) is 2. The summed E-state index contributed by atoms with van der Waals surface area (Å²) in [5.74, 6) is 1.49. The number of aliphatic hydroxyl groups is 1. The van der Waals surface area contributed by atoms with Crippen molar-refractivity contribution in [2.24, 2.45) is 17.6 Å². The lowest BCUT2D eigenvalue weighted by molar-refractivity contribution is 0.168. The molecule has 0 aliphatic heterocycles. The molecule has 0 heterocycles. The average Bonchev–Trinajstić information content (AvgIpc) is 2.27. The lowest BCUT2D eigenvalue weighted by atomic mass is 10.00. The molecule has 0 rings (SSSR count). The van der Waals surface area contributed by atoms with Gasteiger partial charge < -0.3 is 15.7 Å². The van der Waals surface area contributed by atoms with Crippen LogP contribution < -0.4 is 5.73 Å². The van der Waals surface area contributed by atoms with E-state index in [1.54, 1.807) is 0 Å². The lowest BCUT2D eigenvalue weighted by Crippen LogP contribution is -2.44. The predicted molar refractivity (Wildman–Crippen MR) is 79.6 cm³/mol. The van der Waals surface area contributed by atoms with E-state index in [2.05, 4.69) is 32.6 Å². The Labute approximate surface area is 114 Å². The van der Waals surface area contributed by atoms with Crippen LogP contribution in [0.4, 0.5) is 0 Å². The Morgan fingerprint density at radius 1 is 1.00 bits per heavy atom. The van der Waals surface area contributed by atoms with E-state index in [4.69, 9.17) is 5.73 Å². The average molecular weight is 258 g/mol. The monoisotopic (exact) mass is 258 g/mol. The molecule has 0 amide bonds. The second kappa shape index (κ2) is 8.89. The van der Waals surface area contributed by atoms with Crippen molar-refractivity contribution in [2.45, 2.75) is 59.4 Å². The molecule has 0 saturated heterocycles. The van der Waals surface area contributed by atoms with Crippen LogP contribution >= 0.6 is 0 Å². The molecule has 3 nitrogen and oxygen atoms in total. The van der Waals surface area contributed by atoms with Crippen LogP contribution in [0.1, 0.15) is 53.9 Å². The van der Waals surface area contributed by atoms with Crippen LogP contribution in [-0.4, -0.2) is 41.8 Å². The van der Waals surface area contributed by atoms with Crippen LogP contribution in [0.5, 0.6) is 0 Å². The summed E-state index contributed by atoms with van der Waals surface area (Å²) in [6.07, 6.45) is 3.33. The van der Waals surface area contributed by atoms with E-state index >= 15 is 0 Å². The summed E-state index contributed by atoms with van der Waals surface area (Å²) in [6.45, 7) is 14.3. The van der Waals surface area contributed by atoms with E-state index in [-0.39, 0.29) is 6.61 Å². The smallest absolute Gasteiger partial charge is 0.0608 e. The Kier molecular flexibility index (Phi) is 8.83. The molecule has 3 N–H and O–H groups in total. The summed E-state index contributed by atoms with van der Waals surface area (Å²) < 4.78 is 0. The third-order valence-corrected chi connectivity index (χ3v) is 3.41. The minimum atomic E-state index is -0.437. The molecule has 3 heteroatoms. The van der Waals surface area contributed by atoms with E-state index in [1.807, 2.05) is 6.92 Å². The zero-order valence-electron chi connectivity index (χ0n) is 13.1. The highest BCUT2D eigenvalue weighted by molar-refractivity contribution is 4.79. The molecule has 110 valence electrons. The van der Waals surface area contributed by atoms with Gasteiger partial charge in [0.1, 0.15) is 0 Å². The van der Waals surface area contributed by atoms with Crippen molar-refractivity contribution in [1.29, 1.82) is 0 Å². The molecular formula is C15H34N2O.